The van der Waals surface area contributed by atoms with Gasteiger partial charge < -0.3 is 0 Å². The van der Waals surface area contributed by atoms with Gasteiger partial charge in [-0.25, -0.2) is 9.97 Å². The summed E-state index contributed by atoms with van der Waals surface area (Å²) in [5.74, 6) is 0. The average molecular weight is 723 g/mol. The molecule has 0 atom stereocenters. The minimum absolute atomic E-state index is 0.949. The van der Waals surface area contributed by atoms with Crippen LogP contribution in [0.2, 0.25) is 0 Å². The molecular weight excluding hydrogens is 693 g/mol. The van der Waals surface area contributed by atoms with Crippen LogP contribution in [0.3, 0.4) is 0 Å². The Morgan fingerprint density at radius 1 is 0.333 bits per heavy atom. The highest BCUT2D eigenvalue weighted by Gasteiger charge is 2.17. The lowest BCUT2D eigenvalue weighted by molar-refractivity contribution is 1.32. The van der Waals surface area contributed by atoms with Crippen molar-refractivity contribution in [3.8, 4) is 56.0 Å². The van der Waals surface area contributed by atoms with Gasteiger partial charge >= 0.3 is 0 Å². The zero-order valence-electron chi connectivity index (χ0n) is 29.0. The molecule has 11 aromatic rings. The van der Waals surface area contributed by atoms with Crippen LogP contribution < -0.4 is 0 Å². The number of fused-ring (bicyclic) bond motifs is 8. The van der Waals surface area contributed by atoms with Crippen LogP contribution in [0.5, 0.6) is 0 Å². The quantitative estimate of drug-likeness (QED) is 0.177. The van der Waals surface area contributed by atoms with E-state index in [2.05, 4.69) is 182 Å². The molecule has 0 aliphatic rings. The van der Waals surface area contributed by atoms with Crippen molar-refractivity contribution in [2.45, 2.75) is 0 Å². The van der Waals surface area contributed by atoms with Crippen LogP contribution in [0.1, 0.15) is 0 Å². The maximum absolute atomic E-state index is 5.24. The summed E-state index contributed by atoms with van der Waals surface area (Å²) in [4.78, 5) is 10.5. The zero-order valence-corrected chi connectivity index (χ0v) is 30.7. The van der Waals surface area contributed by atoms with Crippen LogP contribution in [0.25, 0.3) is 107 Å². The Morgan fingerprint density at radius 2 is 0.889 bits per heavy atom. The van der Waals surface area contributed by atoms with Gasteiger partial charge in [0, 0.05) is 57.7 Å². The molecule has 0 saturated heterocycles. The van der Waals surface area contributed by atoms with Gasteiger partial charge in [0.15, 0.2) is 0 Å². The van der Waals surface area contributed by atoms with Crippen molar-refractivity contribution >= 4 is 73.9 Å². The van der Waals surface area contributed by atoms with Crippen molar-refractivity contribution in [1.29, 1.82) is 0 Å². The molecular formula is C50H30N2S2. The molecule has 4 aromatic heterocycles. The Morgan fingerprint density at radius 3 is 1.67 bits per heavy atom. The normalized spacial score (nSPS) is 11.7. The Kier molecular flexibility index (Phi) is 7.25. The largest absolute Gasteiger partial charge is 0.248 e. The number of rotatable bonds is 5. The summed E-state index contributed by atoms with van der Waals surface area (Å²) in [6.07, 6.45) is 0. The van der Waals surface area contributed by atoms with Crippen molar-refractivity contribution in [2.75, 3.05) is 0 Å². The van der Waals surface area contributed by atoms with Gasteiger partial charge in [-0.3, -0.25) is 0 Å². The fourth-order valence-electron chi connectivity index (χ4n) is 7.85. The van der Waals surface area contributed by atoms with Crippen LogP contribution in [-0.2, 0) is 0 Å². The molecule has 0 saturated carbocycles. The van der Waals surface area contributed by atoms with Gasteiger partial charge in [0.05, 0.1) is 27.3 Å². The standard InChI is InChI=1S/C50H30N2S2/c1-2-11-33(12-3-1)43-29-36(30-44(51-43)34-25-23-32(24-26-34)37-16-10-17-39-38-13-5-8-19-45(38)53-49(37)39)31-21-27-35(28-22-31)48-50-47(40-14-4-7-18-42(40)52-48)41-15-6-9-20-46(41)54-50/h1-30H. The second-order valence-electron chi connectivity index (χ2n) is 13.7. The van der Waals surface area contributed by atoms with Crippen molar-refractivity contribution in [3.05, 3.63) is 182 Å². The summed E-state index contributed by atoms with van der Waals surface area (Å²) in [7, 11) is 0. The molecule has 0 N–H and O–H groups in total. The number of hydrogen-bond acceptors (Lipinski definition) is 4. The third-order valence-corrected chi connectivity index (χ3v) is 12.9. The topological polar surface area (TPSA) is 25.8 Å². The van der Waals surface area contributed by atoms with E-state index in [1.807, 2.05) is 22.7 Å². The molecule has 54 heavy (non-hydrogen) atoms. The van der Waals surface area contributed by atoms with Gasteiger partial charge in [-0.1, -0.05) is 152 Å². The van der Waals surface area contributed by atoms with E-state index in [-0.39, 0.29) is 0 Å². The molecule has 11 rings (SSSR count). The highest BCUT2D eigenvalue weighted by Crippen LogP contribution is 2.44. The number of hydrogen-bond donors (Lipinski definition) is 0. The third kappa shape index (κ3) is 5.14. The van der Waals surface area contributed by atoms with Crippen LogP contribution in [0.4, 0.5) is 0 Å². The Bertz CT molecular complexity index is 3190. The molecule has 4 heteroatoms. The zero-order chi connectivity index (χ0) is 35.6. The van der Waals surface area contributed by atoms with E-state index in [9.17, 15) is 0 Å². The summed E-state index contributed by atoms with van der Waals surface area (Å²) < 4.78 is 5.16. The van der Waals surface area contributed by atoms with E-state index in [1.54, 1.807) is 0 Å². The Balaban J connectivity index is 1.00. The fourth-order valence-corrected chi connectivity index (χ4v) is 10.3. The molecule has 7 aromatic carbocycles. The van der Waals surface area contributed by atoms with Crippen LogP contribution in [0, 0.1) is 0 Å². The lowest BCUT2D eigenvalue weighted by atomic mass is 9.97. The molecule has 0 bridgehead atoms. The molecule has 0 spiro atoms. The Labute approximate surface area is 320 Å². The first-order valence-electron chi connectivity index (χ1n) is 18.1. The third-order valence-electron chi connectivity index (χ3n) is 10.5. The van der Waals surface area contributed by atoms with E-state index in [1.165, 1.54) is 56.9 Å². The highest BCUT2D eigenvalue weighted by atomic mass is 32.1. The number of aromatic nitrogens is 2. The maximum atomic E-state index is 5.24. The van der Waals surface area contributed by atoms with E-state index in [0.717, 1.165) is 50.4 Å². The van der Waals surface area contributed by atoms with Gasteiger partial charge in [0.1, 0.15) is 0 Å². The second kappa shape index (κ2) is 12.6. The smallest absolute Gasteiger partial charge is 0.0888 e. The van der Waals surface area contributed by atoms with Gasteiger partial charge in [-0.15, -0.1) is 22.7 Å². The number of nitrogens with zero attached hydrogens (tertiary/aromatic N) is 2. The summed E-state index contributed by atoms with van der Waals surface area (Å²) in [5, 5.41) is 6.42. The SMILES string of the molecule is c1ccc(-c2cc(-c3ccc(-c4nc5ccccc5c5c4sc4ccccc45)cc3)cc(-c3ccc(-c4cccc5c4sc4ccccc45)cc3)n2)cc1. The molecule has 252 valence electrons. The van der Waals surface area contributed by atoms with Gasteiger partial charge in [-0.05, 0) is 52.6 Å². The van der Waals surface area contributed by atoms with Crippen LogP contribution in [0.15, 0.2) is 182 Å². The van der Waals surface area contributed by atoms with Crippen LogP contribution in [-0.4, -0.2) is 9.97 Å². The molecule has 0 radical (unpaired) electrons. The summed E-state index contributed by atoms with van der Waals surface area (Å²) in [5.41, 5.74) is 12.0. The Hall–Kier alpha value is -6.46. The summed E-state index contributed by atoms with van der Waals surface area (Å²) >= 11 is 3.70. The van der Waals surface area contributed by atoms with Gasteiger partial charge in [-0.2, -0.15) is 0 Å². The predicted molar refractivity (Wildman–Crippen MR) is 232 cm³/mol. The number of benzene rings is 7. The van der Waals surface area contributed by atoms with E-state index in [4.69, 9.17) is 9.97 Å². The van der Waals surface area contributed by atoms with Gasteiger partial charge in [0.2, 0.25) is 0 Å². The molecule has 0 unspecified atom stereocenters. The number of para-hydroxylation sites is 1. The maximum Gasteiger partial charge on any atom is 0.0888 e. The average Bonchev–Trinajstić information content (AvgIpc) is 3.83. The first kappa shape index (κ1) is 31.1. The summed E-state index contributed by atoms with van der Waals surface area (Å²) in [6, 6.07) is 65.3. The van der Waals surface area contributed by atoms with Crippen molar-refractivity contribution in [3.63, 3.8) is 0 Å². The lowest BCUT2D eigenvalue weighted by Crippen LogP contribution is -1.92. The minimum Gasteiger partial charge on any atom is -0.248 e. The van der Waals surface area contributed by atoms with E-state index < -0.39 is 0 Å². The molecule has 4 heterocycles. The number of pyridine rings is 2. The van der Waals surface area contributed by atoms with Gasteiger partial charge in [0.25, 0.3) is 0 Å². The van der Waals surface area contributed by atoms with E-state index in [0.29, 0.717) is 0 Å². The fraction of sp³-hybridized carbons (Fsp3) is 0. The molecule has 0 aliphatic heterocycles. The van der Waals surface area contributed by atoms with E-state index >= 15 is 0 Å². The number of thiophene rings is 2. The summed E-state index contributed by atoms with van der Waals surface area (Å²) in [6.45, 7) is 0. The molecule has 0 aliphatic carbocycles. The minimum atomic E-state index is 0.949. The molecule has 0 amide bonds. The van der Waals surface area contributed by atoms with Crippen LogP contribution >= 0.6 is 22.7 Å². The first-order chi connectivity index (χ1) is 26.7. The predicted octanol–water partition coefficient (Wildman–Crippen LogP) is 14.7. The monoisotopic (exact) mass is 722 g/mol. The second-order valence-corrected chi connectivity index (χ2v) is 15.8. The first-order valence-corrected chi connectivity index (χ1v) is 19.8. The molecule has 0 fully saturated rings. The lowest BCUT2D eigenvalue weighted by Gasteiger charge is -2.12. The highest BCUT2D eigenvalue weighted by molar-refractivity contribution is 7.26. The van der Waals surface area contributed by atoms with Crippen molar-refractivity contribution in [1.82, 2.24) is 9.97 Å². The molecule has 2 nitrogen and oxygen atoms in total. The van der Waals surface area contributed by atoms with Crippen molar-refractivity contribution in [2.24, 2.45) is 0 Å². The van der Waals surface area contributed by atoms with Crippen molar-refractivity contribution < 1.29 is 0 Å².